The molecule has 7 nitrogen and oxygen atoms in total. The van der Waals surface area contributed by atoms with Crippen molar-refractivity contribution in [1.82, 2.24) is 10.1 Å². The minimum absolute atomic E-state index is 0.0567. The molecule has 0 spiro atoms. The monoisotopic (exact) mass is 587 g/mol. The third-order valence-corrected chi connectivity index (χ3v) is 9.85. The smallest absolute Gasteiger partial charge is 0.335 e. The summed E-state index contributed by atoms with van der Waals surface area (Å²) < 4.78 is 27.5. The molecule has 202 valence electrons. The number of ether oxygens (including phenoxy) is 1. The van der Waals surface area contributed by atoms with E-state index in [0.29, 0.717) is 55.5 Å². The Hall–Kier alpha value is -2.72. The van der Waals surface area contributed by atoms with Gasteiger partial charge in [0.15, 0.2) is 10.9 Å². The van der Waals surface area contributed by atoms with Gasteiger partial charge in [0.2, 0.25) is 0 Å². The molecule has 2 aliphatic carbocycles. The molecule has 3 aliphatic rings. The number of carboxylic acid groups (broad SMARTS) is 1. The fourth-order valence-corrected chi connectivity index (χ4v) is 7.67. The number of hydrogen-bond acceptors (Lipinski definition) is 7. The topological polar surface area (TPSA) is 88.7 Å². The third-order valence-electron chi connectivity index (χ3n) is 8.15. The van der Waals surface area contributed by atoms with Gasteiger partial charge < -0.3 is 19.3 Å². The van der Waals surface area contributed by atoms with Gasteiger partial charge in [-0.3, -0.25) is 0 Å². The fraction of sp³-hybridized carbons (Fsp3) is 0.393. The van der Waals surface area contributed by atoms with E-state index in [-0.39, 0.29) is 17.2 Å². The van der Waals surface area contributed by atoms with Crippen LogP contribution in [0.4, 0.5) is 9.52 Å². The van der Waals surface area contributed by atoms with E-state index in [1.54, 1.807) is 12.1 Å². The molecule has 0 amide bonds. The lowest BCUT2D eigenvalue weighted by Crippen LogP contribution is -2.26. The minimum Gasteiger partial charge on any atom is -0.478 e. The zero-order chi connectivity index (χ0) is 26.8. The second-order valence-electron chi connectivity index (χ2n) is 10.6. The number of anilines is 1. The Morgan fingerprint density at radius 1 is 1.18 bits per heavy atom. The van der Waals surface area contributed by atoms with Crippen LogP contribution in [0.1, 0.15) is 53.3 Å². The molecule has 11 heteroatoms. The van der Waals surface area contributed by atoms with Gasteiger partial charge in [-0.2, -0.15) is 0 Å². The summed E-state index contributed by atoms with van der Waals surface area (Å²) >= 11 is 14.3. The van der Waals surface area contributed by atoms with E-state index in [1.165, 1.54) is 17.4 Å². The highest BCUT2D eigenvalue weighted by molar-refractivity contribution is 7.22. The first-order chi connectivity index (χ1) is 18.9. The summed E-state index contributed by atoms with van der Waals surface area (Å²) in [5.74, 6) is 0.213. The van der Waals surface area contributed by atoms with Crippen molar-refractivity contribution in [3.05, 3.63) is 63.1 Å². The van der Waals surface area contributed by atoms with Crippen LogP contribution < -0.4 is 4.90 Å². The average Bonchev–Trinajstić information content (AvgIpc) is 3.21. The van der Waals surface area contributed by atoms with Gasteiger partial charge in [-0.15, -0.1) is 0 Å². The van der Waals surface area contributed by atoms with Crippen LogP contribution in [0.15, 0.2) is 34.9 Å². The van der Waals surface area contributed by atoms with Crippen LogP contribution in [0.25, 0.3) is 21.5 Å². The fourth-order valence-electron chi connectivity index (χ4n) is 6.05. The summed E-state index contributed by atoms with van der Waals surface area (Å²) in [6.07, 6.45) is 4.19. The Balaban J connectivity index is 1.10. The Morgan fingerprint density at radius 2 is 1.97 bits per heavy atom. The van der Waals surface area contributed by atoms with Crippen LogP contribution in [-0.4, -0.2) is 40.4 Å². The van der Waals surface area contributed by atoms with E-state index in [4.69, 9.17) is 32.5 Å². The van der Waals surface area contributed by atoms with Crippen molar-refractivity contribution in [2.75, 3.05) is 18.0 Å². The lowest BCUT2D eigenvalue weighted by Gasteiger charge is -2.21. The van der Waals surface area contributed by atoms with Gasteiger partial charge >= 0.3 is 5.97 Å². The first-order valence-corrected chi connectivity index (χ1v) is 14.6. The van der Waals surface area contributed by atoms with Crippen molar-refractivity contribution in [3.8, 4) is 11.3 Å². The van der Waals surface area contributed by atoms with Gasteiger partial charge in [-0.1, -0.05) is 45.8 Å². The lowest BCUT2D eigenvalue weighted by atomic mass is 9.99. The normalized spacial score (nSPS) is 22.6. The first kappa shape index (κ1) is 25.3. The van der Waals surface area contributed by atoms with Crippen molar-refractivity contribution < 1.29 is 23.6 Å². The number of thiazole rings is 1. The second kappa shape index (κ2) is 9.73. The van der Waals surface area contributed by atoms with Crippen molar-refractivity contribution in [3.63, 3.8) is 0 Å². The molecule has 1 aliphatic heterocycles. The van der Waals surface area contributed by atoms with E-state index in [1.807, 2.05) is 6.07 Å². The maximum Gasteiger partial charge on any atom is 0.335 e. The number of hydrogen-bond donors (Lipinski definition) is 1. The molecule has 0 radical (unpaired) electrons. The highest BCUT2D eigenvalue weighted by Gasteiger charge is 2.44. The molecule has 3 heterocycles. The summed E-state index contributed by atoms with van der Waals surface area (Å²) in [5.41, 5.74) is 2.38. The minimum atomic E-state index is -1.15. The zero-order valence-corrected chi connectivity index (χ0v) is 23.0. The molecule has 3 atom stereocenters. The van der Waals surface area contributed by atoms with Crippen LogP contribution in [-0.2, 0) is 11.3 Å². The second-order valence-corrected chi connectivity index (χ2v) is 12.4. The summed E-state index contributed by atoms with van der Waals surface area (Å²) in [4.78, 5) is 18.0. The van der Waals surface area contributed by atoms with Crippen LogP contribution in [0.2, 0.25) is 10.0 Å². The molecule has 4 aromatic rings. The summed E-state index contributed by atoms with van der Waals surface area (Å²) in [6, 6.07) is 7.92. The molecule has 3 fully saturated rings. The highest BCUT2D eigenvalue weighted by atomic mass is 35.5. The van der Waals surface area contributed by atoms with Crippen molar-refractivity contribution in [2.45, 2.75) is 44.3 Å². The Bertz CT molecular complexity index is 1580. The van der Waals surface area contributed by atoms with Gasteiger partial charge in [0, 0.05) is 36.1 Å². The molecule has 0 bridgehead atoms. The van der Waals surface area contributed by atoms with E-state index in [2.05, 4.69) is 15.0 Å². The van der Waals surface area contributed by atoms with Crippen LogP contribution in [0.3, 0.4) is 0 Å². The zero-order valence-electron chi connectivity index (χ0n) is 20.7. The van der Waals surface area contributed by atoms with Crippen molar-refractivity contribution in [1.29, 1.82) is 0 Å². The molecule has 1 saturated heterocycles. The Kier molecular flexibility index (Phi) is 6.30. The van der Waals surface area contributed by atoms with E-state index >= 15 is 0 Å². The van der Waals surface area contributed by atoms with Gasteiger partial charge in [0.1, 0.15) is 17.0 Å². The predicted molar refractivity (Wildman–Crippen MR) is 147 cm³/mol. The first-order valence-electron chi connectivity index (χ1n) is 13.0. The van der Waals surface area contributed by atoms with Gasteiger partial charge in [0.25, 0.3) is 0 Å². The molecule has 1 N–H and O–H groups in total. The largest absolute Gasteiger partial charge is 0.478 e. The Labute approximate surface area is 237 Å². The van der Waals surface area contributed by atoms with Crippen LogP contribution in [0, 0.1) is 17.7 Å². The van der Waals surface area contributed by atoms with Gasteiger partial charge in [-0.05, 0) is 55.9 Å². The molecule has 2 aromatic heterocycles. The van der Waals surface area contributed by atoms with Gasteiger partial charge in [0.05, 0.1) is 33.0 Å². The molecular formula is C28H24Cl2FN3O4S. The number of nitrogens with zero attached hydrogens (tertiary/aromatic N) is 3. The van der Waals surface area contributed by atoms with Gasteiger partial charge in [-0.25, -0.2) is 14.2 Å². The average molecular weight is 588 g/mol. The quantitative estimate of drug-likeness (QED) is 0.241. The number of carbonyl (C=O) groups is 1. The standard InChI is InChI=1S/C28H24Cl2FN3O4S/c29-18-2-1-3-19(30)23(18)24-17(26(38-33-24)13-4-5-13)12-37-21-7-6-14-10-34(11-16(14)21)28-32-25-20(31)8-15(27(35)36)9-22(25)39-28/h1-3,8-9,13-14,16,21H,4-7,10-12H2,(H,35,36)/t14-,16+,21+/m0/s1. The molecule has 2 saturated carbocycles. The van der Waals surface area contributed by atoms with Crippen molar-refractivity contribution >= 4 is 55.9 Å². The molecule has 7 rings (SSSR count). The number of benzene rings is 2. The maximum absolute atomic E-state index is 14.5. The number of aromatic nitrogens is 2. The SMILES string of the molecule is O=C(O)c1cc(F)c2nc(N3C[C@@H]4CC[C@@H](OCc5c(-c6c(Cl)cccc6Cl)noc5C5CC5)[C@@H]4C3)sc2c1. The third kappa shape index (κ3) is 4.49. The molecule has 0 unspecified atom stereocenters. The summed E-state index contributed by atoms with van der Waals surface area (Å²) in [6.45, 7) is 1.94. The van der Waals surface area contributed by atoms with Crippen LogP contribution in [0.5, 0.6) is 0 Å². The number of aromatic carboxylic acids is 1. The molecular weight excluding hydrogens is 564 g/mol. The lowest BCUT2D eigenvalue weighted by molar-refractivity contribution is 0.0164. The molecule has 2 aromatic carbocycles. The maximum atomic E-state index is 14.5. The van der Waals surface area contributed by atoms with E-state index < -0.39 is 11.8 Å². The van der Waals surface area contributed by atoms with Crippen molar-refractivity contribution in [2.24, 2.45) is 11.8 Å². The Morgan fingerprint density at radius 3 is 2.72 bits per heavy atom. The predicted octanol–water partition coefficient (Wildman–Crippen LogP) is 7.40. The number of fused-ring (bicyclic) bond motifs is 2. The van der Waals surface area contributed by atoms with E-state index in [0.717, 1.165) is 56.2 Å². The van der Waals surface area contributed by atoms with Crippen LogP contribution >= 0.6 is 34.5 Å². The van der Waals surface area contributed by atoms with E-state index in [9.17, 15) is 14.3 Å². The number of halogens is 3. The summed E-state index contributed by atoms with van der Waals surface area (Å²) in [7, 11) is 0. The number of carboxylic acids is 1. The summed E-state index contributed by atoms with van der Waals surface area (Å²) in [5, 5.41) is 15.4. The highest BCUT2D eigenvalue weighted by Crippen LogP contribution is 2.47. The molecule has 39 heavy (non-hydrogen) atoms. The number of rotatable bonds is 7.